The van der Waals surface area contributed by atoms with Crippen LogP contribution >= 0.6 is 15.9 Å². The molecule has 0 aliphatic carbocycles. The van der Waals surface area contributed by atoms with E-state index in [0.717, 1.165) is 4.47 Å². The van der Waals surface area contributed by atoms with Crippen LogP contribution < -0.4 is 0 Å². The topological polar surface area (TPSA) is 60.2 Å². The molecule has 1 aromatic rings. The monoisotopic (exact) mass is 231 g/mol. The Labute approximate surface area is 77.5 Å². The summed E-state index contributed by atoms with van der Waals surface area (Å²) in [6.45, 7) is 2.00. The Bertz CT molecular complexity index is 277. The molecule has 0 saturated carbocycles. The maximum Gasteiger partial charge on any atom is 0.270 e. The number of nitrogens with zero attached hydrogens (tertiary/aromatic N) is 1. The van der Waals surface area contributed by atoms with Gasteiger partial charge in [0.25, 0.3) is 5.69 Å². The van der Waals surface area contributed by atoms with Crippen LogP contribution in [0.3, 0.4) is 0 Å². The fourth-order valence-electron chi connectivity index (χ4n) is 0.590. The van der Waals surface area contributed by atoms with Crippen molar-refractivity contribution in [2.24, 2.45) is 0 Å². The predicted octanol–water partition coefficient (Wildman–Crippen LogP) is 2.17. The summed E-state index contributed by atoms with van der Waals surface area (Å²) in [5, 5.41) is 10.1. The summed E-state index contributed by atoms with van der Waals surface area (Å²) >= 11 is 3.13. The van der Waals surface area contributed by atoms with Gasteiger partial charge in [-0.1, -0.05) is 22.0 Å². The number of carbonyl (C=O) groups is 1. The number of rotatable bonds is 1. The zero-order chi connectivity index (χ0) is 9.56. The maximum absolute atomic E-state index is 10.1. The number of benzene rings is 1. The molecule has 0 saturated heterocycles. The van der Waals surface area contributed by atoms with Crippen LogP contribution in [-0.2, 0) is 4.79 Å². The first-order chi connectivity index (χ1) is 5.70. The molecule has 1 aromatic carbocycles. The van der Waals surface area contributed by atoms with Crippen LogP contribution in [0, 0.1) is 10.1 Å². The van der Waals surface area contributed by atoms with Crippen molar-refractivity contribution in [2.75, 3.05) is 0 Å². The fraction of sp³-hybridized carbons (Fsp3) is 0. The van der Waals surface area contributed by atoms with Crippen molar-refractivity contribution in [2.45, 2.75) is 0 Å². The van der Waals surface area contributed by atoms with Gasteiger partial charge in [0.1, 0.15) is 6.79 Å². The average molecular weight is 232 g/mol. The van der Waals surface area contributed by atoms with Crippen molar-refractivity contribution < 1.29 is 9.72 Å². The molecule has 4 nitrogen and oxygen atoms in total. The highest BCUT2D eigenvalue weighted by molar-refractivity contribution is 9.10. The van der Waals surface area contributed by atoms with E-state index in [9.17, 15) is 10.1 Å². The van der Waals surface area contributed by atoms with Crippen LogP contribution in [0.1, 0.15) is 0 Å². The highest BCUT2D eigenvalue weighted by Gasteiger charge is 2.02. The lowest BCUT2D eigenvalue weighted by Crippen LogP contribution is -1.85. The van der Waals surface area contributed by atoms with Gasteiger partial charge in [-0.05, 0) is 6.07 Å². The van der Waals surface area contributed by atoms with Crippen molar-refractivity contribution >= 4 is 28.4 Å². The van der Waals surface area contributed by atoms with Gasteiger partial charge >= 0.3 is 0 Å². The molecule has 0 fully saturated rings. The van der Waals surface area contributed by atoms with Gasteiger partial charge in [0, 0.05) is 16.6 Å². The smallest absolute Gasteiger partial charge is 0.270 e. The molecule has 0 bridgehead atoms. The second kappa shape index (κ2) is 5.42. The zero-order valence-electron chi connectivity index (χ0n) is 6.07. The highest BCUT2D eigenvalue weighted by Crippen LogP contribution is 2.16. The summed E-state index contributed by atoms with van der Waals surface area (Å²) in [5.74, 6) is 0. The van der Waals surface area contributed by atoms with E-state index in [1.807, 2.05) is 6.79 Å². The van der Waals surface area contributed by atoms with Crippen LogP contribution in [0.2, 0.25) is 0 Å². The van der Waals surface area contributed by atoms with E-state index in [1.54, 1.807) is 12.1 Å². The summed E-state index contributed by atoms with van der Waals surface area (Å²) in [5.41, 5.74) is 0.106. The number of hydrogen-bond donors (Lipinski definition) is 0. The molecule has 0 aliphatic rings. The predicted molar refractivity (Wildman–Crippen MR) is 47.9 cm³/mol. The largest absolute Gasteiger partial charge is 0.307 e. The van der Waals surface area contributed by atoms with Crippen molar-refractivity contribution in [3.8, 4) is 0 Å². The van der Waals surface area contributed by atoms with Gasteiger partial charge in [-0.3, -0.25) is 10.1 Å². The van der Waals surface area contributed by atoms with E-state index < -0.39 is 4.92 Å². The second-order valence-electron chi connectivity index (χ2n) is 1.74. The third kappa shape index (κ3) is 3.25. The van der Waals surface area contributed by atoms with Crippen LogP contribution in [0.15, 0.2) is 28.7 Å². The normalized spacial score (nSPS) is 8.08. The van der Waals surface area contributed by atoms with Gasteiger partial charge in [-0.25, -0.2) is 0 Å². The van der Waals surface area contributed by atoms with Gasteiger partial charge in [0.15, 0.2) is 0 Å². The third-order valence-electron chi connectivity index (χ3n) is 1.02. The summed E-state index contributed by atoms with van der Waals surface area (Å²) in [7, 11) is 0. The summed E-state index contributed by atoms with van der Waals surface area (Å²) in [4.78, 5) is 17.7. The summed E-state index contributed by atoms with van der Waals surface area (Å²) in [6, 6.07) is 6.28. The minimum atomic E-state index is -0.426. The third-order valence-corrected chi connectivity index (χ3v) is 1.51. The van der Waals surface area contributed by atoms with Gasteiger partial charge < -0.3 is 4.79 Å². The molecule has 0 unspecified atom stereocenters. The second-order valence-corrected chi connectivity index (χ2v) is 2.65. The van der Waals surface area contributed by atoms with E-state index in [-0.39, 0.29) is 5.69 Å². The Morgan fingerprint density at radius 1 is 1.42 bits per heavy atom. The molecule has 0 N–H and O–H groups in total. The molecule has 12 heavy (non-hydrogen) atoms. The summed E-state index contributed by atoms with van der Waals surface area (Å²) in [6.07, 6.45) is 0. The quantitative estimate of drug-likeness (QED) is 0.550. The molecule has 0 spiro atoms. The molecule has 0 aliphatic heterocycles. The molecule has 1 rings (SSSR count). The minimum absolute atomic E-state index is 0.106. The van der Waals surface area contributed by atoms with Crippen LogP contribution in [0.5, 0.6) is 0 Å². The molecule has 64 valence electrons. The molecule has 0 heterocycles. The number of nitro groups is 1. The molecule has 0 aromatic heterocycles. The van der Waals surface area contributed by atoms with E-state index in [1.165, 1.54) is 12.1 Å². The first-order valence-corrected chi connectivity index (χ1v) is 3.68. The van der Waals surface area contributed by atoms with E-state index >= 15 is 0 Å². The highest BCUT2D eigenvalue weighted by atomic mass is 79.9. The zero-order valence-corrected chi connectivity index (χ0v) is 7.65. The standard InChI is InChI=1S/C6H4BrNO2.CH2O/c7-5-2-1-3-6(4-5)8(9)10;1-2/h1-4H;1H2. The van der Waals surface area contributed by atoms with Crippen molar-refractivity contribution in [1.29, 1.82) is 0 Å². The van der Waals surface area contributed by atoms with Crippen molar-refractivity contribution in [3.63, 3.8) is 0 Å². The van der Waals surface area contributed by atoms with Crippen molar-refractivity contribution in [1.82, 2.24) is 0 Å². The van der Waals surface area contributed by atoms with E-state index in [4.69, 9.17) is 4.79 Å². The Morgan fingerprint density at radius 2 is 2.00 bits per heavy atom. The molecule has 0 radical (unpaired) electrons. The maximum atomic E-state index is 10.1. The molecule has 0 atom stereocenters. The van der Waals surface area contributed by atoms with Crippen LogP contribution in [0.4, 0.5) is 5.69 Å². The van der Waals surface area contributed by atoms with Crippen molar-refractivity contribution in [3.05, 3.63) is 38.9 Å². The molecular weight excluding hydrogens is 226 g/mol. The minimum Gasteiger partial charge on any atom is -0.307 e. The number of nitro benzene ring substituents is 1. The lowest BCUT2D eigenvalue weighted by Gasteiger charge is -1.89. The van der Waals surface area contributed by atoms with Crippen LogP contribution in [0.25, 0.3) is 0 Å². The van der Waals surface area contributed by atoms with Gasteiger partial charge in [-0.15, -0.1) is 0 Å². The fourth-order valence-corrected chi connectivity index (χ4v) is 0.977. The lowest BCUT2D eigenvalue weighted by atomic mass is 10.3. The SMILES string of the molecule is C=O.O=[N+]([O-])c1cccc(Br)c1. The summed E-state index contributed by atoms with van der Waals surface area (Å²) < 4.78 is 0.724. The number of hydrogen-bond acceptors (Lipinski definition) is 3. The molecule has 0 amide bonds. The van der Waals surface area contributed by atoms with E-state index in [2.05, 4.69) is 15.9 Å². The lowest BCUT2D eigenvalue weighted by molar-refractivity contribution is -0.384. The first kappa shape index (κ1) is 10.8. The Hall–Kier alpha value is -1.23. The Balaban J connectivity index is 0.000000561. The van der Waals surface area contributed by atoms with Gasteiger partial charge in [-0.2, -0.15) is 0 Å². The molecule has 5 heteroatoms. The first-order valence-electron chi connectivity index (χ1n) is 2.89. The number of halogens is 1. The Morgan fingerprint density at radius 3 is 2.33 bits per heavy atom. The van der Waals surface area contributed by atoms with Gasteiger partial charge in [0.2, 0.25) is 0 Å². The number of non-ortho nitro benzene ring substituents is 1. The average Bonchev–Trinajstić information content (AvgIpc) is 2.08. The molecular formula is C7H6BrNO3. The number of carbonyl (C=O) groups excluding carboxylic acids is 1. The van der Waals surface area contributed by atoms with Gasteiger partial charge in [0.05, 0.1) is 4.92 Å². The van der Waals surface area contributed by atoms with E-state index in [0.29, 0.717) is 0 Å². The Kier molecular flexibility index (Phi) is 4.87. The van der Waals surface area contributed by atoms with Crippen LogP contribution in [-0.4, -0.2) is 11.7 Å².